The van der Waals surface area contributed by atoms with E-state index in [9.17, 15) is 9.59 Å². The number of hydrogen-bond donors (Lipinski definition) is 0. The molecule has 0 aliphatic carbocycles. The third-order valence-corrected chi connectivity index (χ3v) is 3.20. The normalized spacial score (nSPS) is 13.9. The van der Waals surface area contributed by atoms with Crippen molar-refractivity contribution in [2.24, 2.45) is 0 Å². The second-order valence-electron chi connectivity index (χ2n) is 4.25. The SMILES string of the molecule is CN(C)CCN1C(=O)C(=O)c2cc(Br)ccc21.Cl. The third-order valence-electron chi connectivity index (χ3n) is 2.70. The van der Waals surface area contributed by atoms with E-state index in [-0.39, 0.29) is 12.4 Å². The summed E-state index contributed by atoms with van der Waals surface area (Å²) in [5.41, 5.74) is 1.20. The van der Waals surface area contributed by atoms with Gasteiger partial charge in [0.15, 0.2) is 0 Å². The molecule has 1 aromatic rings. The predicted octanol–water partition coefficient (Wildman–Crippen LogP) is 1.96. The first-order valence-electron chi connectivity index (χ1n) is 5.31. The molecule has 0 spiro atoms. The van der Waals surface area contributed by atoms with E-state index < -0.39 is 11.7 Å². The molecule has 0 atom stereocenters. The van der Waals surface area contributed by atoms with Crippen molar-refractivity contribution in [1.29, 1.82) is 0 Å². The quantitative estimate of drug-likeness (QED) is 0.794. The first-order valence-corrected chi connectivity index (χ1v) is 6.10. The fraction of sp³-hybridized carbons (Fsp3) is 0.333. The van der Waals surface area contributed by atoms with Gasteiger partial charge in [0.05, 0.1) is 11.3 Å². The average molecular weight is 334 g/mol. The maximum atomic E-state index is 11.8. The highest BCUT2D eigenvalue weighted by atomic mass is 79.9. The summed E-state index contributed by atoms with van der Waals surface area (Å²) >= 11 is 3.30. The van der Waals surface area contributed by atoms with Crippen LogP contribution in [0.15, 0.2) is 22.7 Å². The molecule has 18 heavy (non-hydrogen) atoms. The third kappa shape index (κ3) is 2.74. The Bertz CT molecular complexity index is 491. The lowest BCUT2D eigenvalue weighted by atomic mass is 10.1. The first kappa shape index (κ1) is 15.1. The standard InChI is InChI=1S/C12H13BrN2O2.ClH/c1-14(2)5-6-15-10-4-3-8(13)7-9(10)11(16)12(15)17;/h3-4,7H,5-6H2,1-2H3;1H. The van der Waals surface area contributed by atoms with Gasteiger partial charge in [0.1, 0.15) is 0 Å². The van der Waals surface area contributed by atoms with E-state index in [2.05, 4.69) is 15.9 Å². The van der Waals surface area contributed by atoms with Crippen LogP contribution in [0.2, 0.25) is 0 Å². The number of likely N-dealkylation sites (N-methyl/N-ethyl adjacent to an activating group) is 1. The zero-order chi connectivity index (χ0) is 12.6. The van der Waals surface area contributed by atoms with Gasteiger partial charge in [-0.25, -0.2) is 0 Å². The number of nitrogens with zero attached hydrogens (tertiary/aromatic N) is 2. The monoisotopic (exact) mass is 332 g/mol. The Balaban J connectivity index is 0.00000162. The highest BCUT2D eigenvalue weighted by Gasteiger charge is 2.35. The van der Waals surface area contributed by atoms with Gasteiger partial charge in [-0.2, -0.15) is 0 Å². The van der Waals surface area contributed by atoms with Gasteiger partial charge in [0.2, 0.25) is 0 Å². The Morgan fingerprint density at radius 1 is 1.28 bits per heavy atom. The Morgan fingerprint density at radius 3 is 2.56 bits per heavy atom. The number of amides is 1. The van der Waals surface area contributed by atoms with Gasteiger partial charge in [-0.3, -0.25) is 9.59 Å². The van der Waals surface area contributed by atoms with E-state index in [1.165, 1.54) is 0 Å². The molecule has 1 aliphatic rings. The van der Waals surface area contributed by atoms with Crippen LogP contribution in [-0.4, -0.2) is 43.8 Å². The van der Waals surface area contributed by atoms with Crippen LogP contribution in [0.3, 0.4) is 0 Å². The van der Waals surface area contributed by atoms with E-state index in [1.54, 1.807) is 17.0 Å². The Kier molecular flexibility index (Phi) is 4.90. The highest BCUT2D eigenvalue weighted by molar-refractivity contribution is 9.10. The van der Waals surface area contributed by atoms with Gasteiger partial charge >= 0.3 is 0 Å². The van der Waals surface area contributed by atoms with Gasteiger partial charge in [0.25, 0.3) is 11.7 Å². The van der Waals surface area contributed by atoms with E-state index in [4.69, 9.17) is 0 Å². The molecule has 1 amide bonds. The largest absolute Gasteiger partial charge is 0.308 e. The summed E-state index contributed by atoms with van der Waals surface area (Å²) in [6.07, 6.45) is 0. The molecule has 1 heterocycles. The minimum Gasteiger partial charge on any atom is -0.308 e. The number of rotatable bonds is 3. The summed E-state index contributed by atoms with van der Waals surface area (Å²) in [6.45, 7) is 1.26. The first-order chi connectivity index (χ1) is 8.00. The summed E-state index contributed by atoms with van der Waals surface area (Å²) in [5.74, 6) is -0.847. The second-order valence-corrected chi connectivity index (χ2v) is 5.17. The minimum absolute atomic E-state index is 0. The zero-order valence-electron chi connectivity index (χ0n) is 10.1. The van der Waals surface area contributed by atoms with E-state index in [0.717, 1.165) is 11.0 Å². The second kappa shape index (κ2) is 5.82. The van der Waals surface area contributed by atoms with Crippen LogP contribution in [0.5, 0.6) is 0 Å². The Hall–Kier alpha value is -0.910. The summed E-state index contributed by atoms with van der Waals surface area (Å²) in [7, 11) is 3.87. The molecule has 0 unspecified atom stereocenters. The molecule has 0 fully saturated rings. The molecular weight excluding hydrogens is 320 g/mol. The highest BCUT2D eigenvalue weighted by Crippen LogP contribution is 2.30. The molecule has 0 radical (unpaired) electrons. The summed E-state index contributed by atoms with van der Waals surface area (Å²) in [4.78, 5) is 27.1. The molecule has 1 aliphatic heterocycles. The number of Topliss-reactive ketones (excluding diaryl/α,β-unsaturated/α-hetero) is 1. The lowest BCUT2D eigenvalue weighted by Crippen LogP contribution is -2.35. The molecule has 0 aromatic heterocycles. The van der Waals surface area contributed by atoms with Gasteiger partial charge in [0, 0.05) is 17.6 Å². The van der Waals surface area contributed by atoms with Crippen molar-refractivity contribution in [3.05, 3.63) is 28.2 Å². The summed E-state index contributed by atoms with van der Waals surface area (Å²) in [5, 5.41) is 0. The van der Waals surface area contributed by atoms with Crippen LogP contribution in [0.4, 0.5) is 5.69 Å². The lowest BCUT2D eigenvalue weighted by Gasteiger charge is -2.19. The van der Waals surface area contributed by atoms with E-state index in [0.29, 0.717) is 17.8 Å². The molecule has 1 aromatic carbocycles. The lowest BCUT2D eigenvalue weighted by molar-refractivity contribution is -0.114. The Morgan fingerprint density at radius 2 is 1.94 bits per heavy atom. The fourth-order valence-electron chi connectivity index (χ4n) is 1.79. The average Bonchev–Trinajstić information content (AvgIpc) is 2.50. The van der Waals surface area contributed by atoms with Crippen molar-refractivity contribution < 1.29 is 9.59 Å². The van der Waals surface area contributed by atoms with E-state index >= 15 is 0 Å². The van der Waals surface area contributed by atoms with Crippen LogP contribution in [0.1, 0.15) is 10.4 Å². The minimum atomic E-state index is -0.431. The van der Waals surface area contributed by atoms with Crippen LogP contribution >= 0.6 is 28.3 Å². The van der Waals surface area contributed by atoms with Crippen molar-refractivity contribution >= 4 is 45.7 Å². The molecule has 98 valence electrons. The fourth-order valence-corrected chi connectivity index (χ4v) is 2.16. The maximum absolute atomic E-state index is 11.8. The Labute approximate surface area is 120 Å². The van der Waals surface area contributed by atoms with Gasteiger partial charge in [-0.05, 0) is 32.3 Å². The van der Waals surface area contributed by atoms with Gasteiger partial charge < -0.3 is 9.80 Å². The smallest absolute Gasteiger partial charge is 0.299 e. The molecule has 0 saturated heterocycles. The molecule has 4 nitrogen and oxygen atoms in total. The number of anilines is 1. The number of ketones is 1. The van der Waals surface area contributed by atoms with Crippen molar-refractivity contribution in [3.63, 3.8) is 0 Å². The zero-order valence-corrected chi connectivity index (χ0v) is 12.5. The number of halogens is 2. The number of hydrogen-bond acceptors (Lipinski definition) is 3. The number of benzene rings is 1. The molecule has 0 bridgehead atoms. The molecular formula is C12H14BrClN2O2. The number of fused-ring (bicyclic) bond motifs is 1. The van der Waals surface area contributed by atoms with Gasteiger partial charge in [-0.1, -0.05) is 15.9 Å². The van der Waals surface area contributed by atoms with Crippen molar-refractivity contribution in [2.45, 2.75) is 0 Å². The molecule has 6 heteroatoms. The maximum Gasteiger partial charge on any atom is 0.299 e. The summed E-state index contributed by atoms with van der Waals surface area (Å²) < 4.78 is 0.812. The van der Waals surface area contributed by atoms with Crippen molar-refractivity contribution in [2.75, 3.05) is 32.1 Å². The van der Waals surface area contributed by atoms with Gasteiger partial charge in [-0.15, -0.1) is 12.4 Å². The van der Waals surface area contributed by atoms with E-state index in [1.807, 2.05) is 25.1 Å². The van der Waals surface area contributed by atoms with Crippen molar-refractivity contribution in [3.8, 4) is 0 Å². The van der Waals surface area contributed by atoms with Crippen LogP contribution in [0, 0.1) is 0 Å². The van der Waals surface area contributed by atoms with Crippen LogP contribution < -0.4 is 4.90 Å². The molecule has 2 rings (SSSR count). The number of carbonyl (C=O) groups excluding carboxylic acids is 2. The van der Waals surface area contributed by atoms with Crippen LogP contribution in [-0.2, 0) is 4.79 Å². The molecule has 0 N–H and O–H groups in total. The summed E-state index contributed by atoms with van der Waals surface area (Å²) in [6, 6.07) is 5.34. The topological polar surface area (TPSA) is 40.6 Å². The molecule has 0 saturated carbocycles. The predicted molar refractivity (Wildman–Crippen MR) is 76.6 cm³/mol. The van der Waals surface area contributed by atoms with Crippen molar-refractivity contribution in [1.82, 2.24) is 4.90 Å². The van der Waals surface area contributed by atoms with Crippen LogP contribution in [0.25, 0.3) is 0 Å². The number of carbonyl (C=O) groups is 2.